The molecule has 1 heterocycles. The fourth-order valence-corrected chi connectivity index (χ4v) is 2.47. The van der Waals surface area contributed by atoms with Crippen LogP contribution < -0.4 is 10.1 Å². The van der Waals surface area contributed by atoms with Crippen LogP contribution in [-0.4, -0.2) is 36.8 Å². The van der Waals surface area contributed by atoms with E-state index in [1.165, 1.54) is 31.5 Å². The average Bonchev–Trinajstić information content (AvgIpc) is 2.91. The highest BCUT2D eigenvalue weighted by Crippen LogP contribution is 2.29. The van der Waals surface area contributed by atoms with Gasteiger partial charge in [0.15, 0.2) is 5.69 Å². The van der Waals surface area contributed by atoms with Gasteiger partial charge in [-0.3, -0.25) is 4.79 Å². The maximum atomic E-state index is 11.7. The van der Waals surface area contributed by atoms with Gasteiger partial charge < -0.3 is 10.1 Å². The van der Waals surface area contributed by atoms with E-state index in [1.54, 1.807) is 0 Å². The number of carbonyl (C=O) groups is 1. The molecule has 0 atom stereocenters. The number of benzene rings is 1. The molecule has 1 aromatic carbocycles. The smallest absolute Gasteiger partial charge is 0.277 e. The van der Waals surface area contributed by atoms with E-state index in [2.05, 4.69) is 20.7 Å². The number of rotatable bonds is 4. The zero-order valence-corrected chi connectivity index (χ0v) is 11.7. The summed E-state index contributed by atoms with van der Waals surface area (Å²) in [4.78, 5) is 11.5. The standard InChI is InChI=1S/C10H9ClN4O4S/c1-19-8-3-2-6(4-9(8)20(11,17)18)13-10(16)7-5-12-15-14-7/h2-5H,1H3,(H,13,16)(H,12,14,15). The van der Waals surface area contributed by atoms with E-state index in [0.29, 0.717) is 0 Å². The van der Waals surface area contributed by atoms with Crippen molar-refractivity contribution in [3.05, 3.63) is 30.1 Å². The molecular formula is C10H9ClN4O4S. The van der Waals surface area contributed by atoms with Crippen LogP contribution in [-0.2, 0) is 9.05 Å². The SMILES string of the molecule is COc1ccc(NC(=O)c2cn[nH]n2)cc1S(=O)(=O)Cl. The average molecular weight is 317 g/mol. The van der Waals surface area contributed by atoms with Gasteiger partial charge in [-0.1, -0.05) is 0 Å². The number of carbonyl (C=O) groups excluding carboxylic acids is 1. The number of H-pyrrole nitrogens is 1. The van der Waals surface area contributed by atoms with Gasteiger partial charge in [-0.15, -0.1) is 0 Å². The Balaban J connectivity index is 2.33. The van der Waals surface area contributed by atoms with Crippen molar-refractivity contribution in [3.63, 3.8) is 0 Å². The number of nitrogens with one attached hydrogen (secondary N) is 2. The van der Waals surface area contributed by atoms with Gasteiger partial charge in [0, 0.05) is 16.4 Å². The second-order valence-corrected chi connectivity index (χ2v) is 6.15. The van der Waals surface area contributed by atoms with Crippen LogP contribution in [0.15, 0.2) is 29.3 Å². The van der Waals surface area contributed by atoms with Gasteiger partial charge >= 0.3 is 0 Å². The molecule has 0 saturated carbocycles. The Morgan fingerprint density at radius 1 is 1.45 bits per heavy atom. The van der Waals surface area contributed by atoms with E-state index in [4.69, 9.17) is 15.4 Å². The van der Waals surface area contributed by atoms with Crippen molar-refractivity contribution in [2.24, 2.45) is 0 Å². The quantitative estimate of drug-likeness (QED) is 0.813. The fourth-order valence-electron chi connectivity index (χ4n) is 1.45. The molecule has 1 aromatic heterocycles. The van der Waals surface area contributed by atoms with Gasteiger partial charge in [-0.05, 0) is 18.2 Å². The van der Waals surface area contributed by atoms with Crippen LogP contribution >= 0.6 is 10.7 Å². The number of amides is 1. The number of hydrogen-bond acceptors (Lipinski definition) is 6. The Bertz CT molecular complexity index is 730. The minimum absolute atomic E-state index is 0.0658. The molecule has 0 unspecified atom stereocenters. The predicted octanol–water partition coefficient (Wildman–Crippen LogP) is 0.993. The molecule has 1 amide bonds. The first-order chi connectivity index (χ1) is 9.41. The van der Waals surface area contributed by atoms with E-state index in [0.717, 1.165) is 0 Å². The number of aromatic nitrogens is 3. The van der Waals surface area contributed by atoms with Crippen molar-refractivity contribution < 1.29 is 17.9 Å². The number of hydrogen-bond donors (Lipinski definition) is 2. The molecule has 10 heteroatoms. The number of anilines is 1. The van der Waals surface area contributed by atoms with Crippen LogP contribution in [0.1, 0.15) is 10.5 Å². The van der Waals surface area contributed by atoms with Crippen LogP contribution in [0.3, 0.4) is 0 Å². The Morgan fingerprint density at radius 3 is 2.75 bits per heavy atom. The third kappa shape index (κ3) is 3.06. The fraction of sp³-hybridized carbons (Fsp3) is 0.100. The molecule has 0 aliphatic carbocycles. The molecule has 8 nitrogen and oxygen atoms in total. The summed E-state index contributed by atoms with van der Waals surface area (Å²) >= 11 is 0. The lowest BCUT2D eigenvalue weighted by Crippen LogP contribution is -2.12. The molecule has 0 spiro atoms. The van der Waals surface area contributed by atoms with Crippen molar-refractivity contribution in [1.29, 1.82) is 0 Å². The first-order valence-corrected chi connectivity index (χ1v) is 7.52. The lowest BCUT2D eigenvalue weighted by atomic mass is 10.3. The minimum Gasteiger partial charge on any atom is -0.495 e. The summed E-state index contributed by atoms with van der Waals surface area (Å²) < 4.78 is 27.7. The highest BCUT2D eigenvalue weighted by molar-refractivity contribution is 8.13. The van der Waals surface area contributed by atoms with Gasteiger partial charge in [0.25, 0.3) is 15.0 Å². The van der Waals surface area contributed by atoms with Crippen molar-refractivity contribution >= 4 is 31.3 Å². The lowest BCUT2D eigenvalue weighted by Gasteiger charge is -2.08. The second kappa shape index (κ2) is 5.47. The molecule has 0 aliphatic rings. The number of halogens is 1. The van der Waals surface area contributed by atoms with Crippen LogP contribution in [0.5, 0.6) is 5.75 Å². The first kappa shape index (κ1) is 14.3. The molecule has 0 radical (unpaired) electrons. The van der Waals surface area contributed by atoms with Gasteiger partial charge in [0.1, 0.15) is 10.6 Å². The number of methoxy groups -OCH3 is 1. The number of nitrogens with zero attached hydrogens (tertiary/aromatic N) is 2. The summed E-state index contributed by atoms with van der Waals surface area (Å²) in [5.74, 6) is -0.457. The van der Waals surface area contributed by atoms with Crippen LogP contribution in [0, 0.1) is 0 Å². The van der Waals surface area contributed by atoms with E-state index in [1.807, 2.05) is 0 Å². The molecule has 2 N–H and O–H groups in total. The van der Waals surface area contributed by atoms with Crippen molar-refractivity contribution in [2.75, 3.05) is 12.4 Å². The Hall–Kier alpha value is -2.13. The predicted molar refractivity (Wildman–Crippen MR) is 70.4 cm³/mol. The summed E-state index contributed by atoms with van der Waals surface area (Å²) in [6.07, 6.45) is 1.23. The van der Waals surface area contributed by atoms with E-state index in [-0.39, 0.29) is 22.0 Å². The topological polar surface area (TPSA) is 114 Å². The Labute approximate surface area is 118 Å². The van der Waals surface area contributed by atoms with Gasteiger partial charge in [-0.25, -0.2) is 8.42 Å². The van der Waals surface area contributed by atoms with Gasteiger partial charge in [-0.2, -0.15) is 15.4 Å². The zero-order chi connectivity index (χ0) is 14.8. The van der Waals surface area contributed by atoms with Crippen molar-refractivity contribution in [2.45, 2.75) is 4.90 Å². The van der Waals surface area contributed by atoms with E-state index in [9.17, 15) is 13.2 Å². The summed E-state index contributed by atoms with van der Waals surface area (Å²) in [6, 6.07) is 4.05. The Kier molecular flexibility index (Phi) is 3.91. The largest absolute Gasteiger partial charge is 0.495 e. The van der Waals surface area contributed by atoms with Crippen molar-refractivity contribution in [1.82, 2.24) is 15.4 Å². The highest BCUT2D eigenvalue weighted by Gasteiger charge is 2.18. The molecule has 0 bridgehead atoms. The van der Waals surface area contributed by atoms with E-state index >= 15 is 0 Å². The molecule has 2 aromatic rings. The van der Waals surface area contributed by atoms with Gasteiger partial charge in [0.2, 0.25) is 0 Å². The molecule has 0 saturated heterocycles. The molecule has 106 valence electrons. The zero-order valence-electron chi connectivity index (χ0n) is 10.1. The molecule has 0 fully saturated rings. The third-order valence-electron chi connectivity index (χ3n) is 2.33. The van der Waals surface area contributed by atoms with Crippen LogP contribution in [0.25, 0.3) is 0 Å². The minimum atomic E-state index is -4.00. The van der Waals surface area contributed by atoms with Crippen LogP contribution in [0.2, 0.25) is 0 Å². The number of aromatic amines is 1. The van der Waals surface area contributed by atoms with Crippen LogP contribution in [0.4, 0.5) is 5.69 Å². The normalized spacial score (nSPS) is 11.1. The first-order valence-electron chi connectivity index (χ1n) is 5.21. The van der Waals surface area contributed by atoms with E-state index < -0.39 is 15.0 Å². The van der Waals surface area contributed by atoms with Gasteiger partial charge in [0.05, 0.1) is 13.3 Å². The summed E-state index contributed by atoms with van der Waals surface area (Å²) in [5.41, 5.74) is 0.300. The summed E-state index contributed by atoms with van der Waals surface area (Å²) in [7, 11) is 2.62. The molecule has 0 aliphatic heterocycles. The summed E-state index contributed by atoms with van der Waals surface area (Å²) in [6.45, 7) is 0. The van der Waals surface area contributed by atoms with Crippen molar-refractivity contribution in [3.8, 4) is 5.75 Å². The maximum Gasteiger partial charge on any atom is 0.277 e. The third-order valence-corrected chi connectivity index (χ3v) is 3.67. The number of ether oxygens (including phenoxy) is 1. The molecule has 20 heavy (non-hydrogen) atoms. The molecule has 2 rings (SSSR count). The highest BCUT2D eigenvalue weighted by atomic mass is 35.7. The molecular weight excluding hydrogens is 308 g/mol. The monoisotopic (exact) mass is 316 g/mol. The Morgan fingerprint density at radius 2 is 2.20 bits per heavy atom. The maximum absolute atomic E-state index is 11.7. The lowest BCUT2D eigenvalue weighted by molar-refractivity contribution is 0.102. The summed E-state index contributed by atoms with van der Waals surface area (Å²) in [5, 5.41) is 11.9. The second-order valence-electron chi connectivity index (χ2n) is 3.61.